The molecule has 8 aromatic rings. The highest BCUT2D eigenvalue weighted by molar-refractivity contribution is 9.10. The maximum absolute atomic E-state index is 12.8. The van der Waals surface area contributed by atoms with Gasteiger partial charge in [-0.3, -0.25) is 9.44 Å². The number of anilines is 2. The van der Waals surface area contributed by atoms with Crippen molar-refractivity contribution in [3.8, 4) is 52.4 Å². The topological polar surface area (TPSA) is 211 Å². The van der Waals surface area contributed by atoms with Gasteiger partial charge in [0.2, 0.25) is 31.4 Å². The lowest BCUT2D eigenvalue weighted by atomic mass is 9.84. The highest BCUT2D eigenvalue weighted by atomic mass is 79.9. The zero-order valence-electron chi connectivity index (χ0n) is 30.4. The Bertz CT molecular complexity index is 3530. The summed E-state index contributed by atoms with van der Waals surface area (Å²) in [6.45, 7) is 16.3. The molecule has 0 atom stereocenters. The predicted molar refractivity (Wildman–Crippen MR) is 229 cm³/mol. The normalized spacial score (nSPS) is 11.5. The minimum absolute atomic E-state index is 0.0181. The van der Waals surface area contributed by atoms with E-state index in [2.05, 4.69) is 53.3 Å². The van der Waals surface area contributed by atoms with E-state index in [9.17, 15) is 32.6 Å². The number of nitriles is 3. The molecule has 0 spiro atoms. The molecule has 282 valence electrons. The van der Waals surface area contributed by atoms with Crippen molar-refractivity contribution < 1.29 is 16.8 Å². The largest absolute Gasteiger partial charge is 0.284 e. The summed E-state index contributed by atoms with van der Waals surface area (Å²) in [4.78, 5) is 21.9. The van der Waals surface area contributed by atoms with Gasteiger partial charge >= 0.3 is 0 Å². The summed E-state index contributed by atoms with van der Waals surface area (Å²) < 4.78 is 55.3. The smallest absolute Gasteiger partial charge is 0.229 e. The van der Waals surface area contributed by atoms with E-state index < -0.39 is 20.0 Å². The minimum atomic E-state index is -3.86. The van der Waals surface area contributed by atoms with Crippen LogP contribution in [0.2, 0.25) is 0 Å². The second-order valence-electron chi connectivity index (χ2n) is 13.4. The molecule has 0 aliphatic carbocycles. The van der Waals surface area contributed by atoms with Crippen LogP contribution in [0, 0.1) is 47.1 Å². The second kappa shape index (κ2) is 14.0. The number of nitrogens with one attached hydrogen (secondary N) is 2. The first-order chi connectivity index (χ1) is 28.1. The highest BCUT2D eigenvalue weighted by Crippen LogP contribution is 2.51. The number of halogens is 1. The van der Waals surface area contributed by atoms with E-state index in [-0.39, 0.29) is 84.2 Å². The Kier molecular flexibility index (Phi) is 9.08. The lowest BCUT2D eigenvalue weighted by Crippen LogP contribution is -2.12. The Morgan fingerprint density at radius 2 is 1.15 bits per heavy atom. The van der Waals surface area contributed by atoms with Crippen LogP contribution in [0.3, 0.4) is 0 Å². The van der Waals surface area contributed by atoms with Crippen molar-refractivity contribution in [1.29, 1.82) is 15.8 Å². The van der Waals surface area contributed by atoms with Crippen LogP contribution in [0.1, 0.15) is 16.7 Å². The van der Waals surface area contributed by atoms with Crippen molar-refractivity contribution in [3.05, 3.63) is 123 Å². The first-order valence-corrected chi connectivity index (χ1v) is 21.6. The fourth-order valence-corrected chi connectivity index (χ4v) is 8.74. The van der Waals surface area contributed by atoms with Gasteiger partial charge in [0.05, 0.1) is 54.1 Å². The van der Waals surface area contributed by atoms with E-state index in [1.165, 1.54) is 24.3 Å². The zero-order valence-corrected chi connectivity index (χ0v) is 33.6. The van der Waals surface area contributed by atoms with Crippen LogP contribution in [-0.4, -0.2) is 44.3 Å². The number of aromatic nitrogens is 3. The number of fused-ring (bicyclic) bond motifs is 1. The molecule has 0 bridgehead atoms. The van der Waals surface area contributed by atoms with Crippen LogP contribution in [0.4, 0.5) is 22.7 Å². The van der Waals surface area contributed by atoms with Crippen LogP contribution in [0.25, 0.3) is 86.9 Å². The fourth-order valence-electron chi connectivity index (χ4n) is 7.21. The standard InChI is InChI=1S/C42H21BrN10O4S2/c1-47-38-31-14-21(18-44)13-29-33(19-45)34(20-46)30-16-24(17-32(39(38)48-2)36(30)35(29)31)41-49-40(22-5-9-26(10-6-22)52-58(3,54)55)50-42(51-41)28-11-7-23-15-25(43)8-12-27(23)37(28)53-59(4,56)57/h5-17,52-53H,3-4H3. The quantitative estimate of drug-likeness (QED) is 0.114. The van der Waals surface area contributed by atoms with Gasteiger partial charge < -0.3 is 0 Å². The molecule has 0 radical (unpaired) electrons. The number of rotatable bonds is 7. The third-order valence-electron chi connectivity index (χ3n) is 9.48. The second-order valence-corrected chi connectivity index (χ2v) is 17.8. The van der Waals surface area contributed by atoms with Crippen molar-refractivity contribution in [2.45, 2.75) is 0 Å². The minimum Gasteiger partial charge on any atom is -0.284 e. The third kappa shape index (κ3) is 6.70. The van der Waals surface area contributed by atoms with Gasteiger partial charge in [-0.15, -0.1) is 0 Å². The van der Waals surface area contributed by atoms with Crippen molar-refractivity contribution in [2.24, 2.45) is 0 Å². The van der Waals surface area contributed by atoms with Gasteiger partial charge in [0.15, 0.2) is 17.5 Å². The Morgan fingerprint density at radius 3 is 1.73 bits per heavy atom. The molecule has 0 saturated heterocycles. The summed E-state index contributed by atoms with van der Waals surface area (Å²) in [5.41, 5.74) is 1.43. The summed E-state index contributed by atoms with van der Waals surface area (Å²) in [5, 5.41) is 34.1. The van der Waals surface area contributed by atoms with Gasteiger partial charge in [0.25, 0.3) is 0 Å². The Hall–Kier alpha value is -7.72. The summed E-state index contributed by atoms with van der Waals surface area (Å²) in [5.74, 6) is 0.139. The fraction of sp³-hybridized carbons (Fsp3) is 0.0476. The molecule has 0 aliphatic rings. The molecule has 0 saturated carbocycles. The molecule has 7 aromatic carbocycles. The van der Waals surface area contributed by atoms with E-state index in [4.69, 9.17) is 28.1 Å². The molecule has 1 aromatic heterocycles. The Morgan fingerprint density at radius 1 is 0.610 bits per heavy atom. The Labute approximate surface area is 344 Å². The highest BCUT2D eigenvalue weighted by Gasteiger charge is 2.26. The van der Waals surface area contributed by atoms with Gasteiger partial charge in [-0.05, 0) is 87.6 Å². The Balaban J connectivity index is 1.49. The summed E-state index contributed by atoms with van der Waals surface area (Å²) >= 11 is 3.46. The molecule has 0 amide bonds. The average molecular weight is 874 g/mol. The molecule has 1 heterocycles. The van der Waals surface area contributed by atoms with Crippen molar-refractivity contribution in [2.75, 3.05) is 22.0 Å². The summed E-state index contributed by atoms with van der Waals surface area (Å²) in [7, 11) is -7.45. The molecule has 0 unspecified atom stereocenters. The third-order valence-corrected chi connectivity index (χ3v) is 11.2. The van der Waals surface area contributed by atoms with Crippen LogP contribution >= 0.6 is 15.9 Å². The lowest BCUT2D eigenvalue weighted by Gasteiger charge is -2.19. The van der Waals surface area contributed by atoms with Gasteiger partial charge in [0.1, 0.15) is 12.1 Å². The monoisotopic (exact) mass is 872 g/mol. The van der Waals surface area contributed by atoms with Crippen molar-refractivity contribution >= 4 is 102 Å². The molecular formula is C42H21BrN10O4S2. The van der Waals surface area contributed by atoms with Crippen molar-refractivity contribution in [3.63, 3.8) is 0 Å². The molecule has 2 N–H and O–H groups in total. The zero-order chi connectivity index (χ0) is 42.0. The lowest BCUT2D eigenvalue weighted by molar-refractivity contribution is 0.605. The van der Waals surface area contributed by atoms with Gasteiger partial charge in [-0.2, -0.15) is 15.8 Å². The first-order valence-electron chi connectivity index (χ1n) is 17.0. The maximum Gasteiger partial charge on any atom is 0.229 e. The van der Waals surface area contributed by atoms with Crippen LogP contribution in [0.5, 0.6) is 0 Å². The first kappa shape index (κ1) is 38.2. The molecule has 0 fully saturated rings. The van der Waals surface area contributed by atoms with E-state index in [1.807, 2.05) is 6.07 Å². The molecule has 59 heavy (non-hydrogen) atoms. The number of nitrogens with zero attached hydrogens (tertiary/aromatic N) is 8. The van der Waals surface area contributed by atoms with Crippen LogP contribution < -0.4 is 9.44 Å². The average Bonchev–Trinajstić information content (AvgIpc) is 3.20. The predicted octanol–water partition coefficient (Wildman–Crippen LogP) is 9.15. The summed E-state index contributed by atoms with van der Waals surface area (Å²) in [6, 6.07) is 27.5. The maximum atomic E-state index is 12.8. The van der Waals surface area contributed by atoms with Gasteiger partial charge in [-0.25, -0.2) is 41.5 Å². The van der Waals surface area contributed by atoms with Crippen LogP contribution in [0.15, 0.2) is 83.3 Å². The van der Waals surface area contributed by atoms with E-state index in [0.29, 0.717) is 32.5 Å². The van der Waals surface area contributed by atoms with Gasteiger partial charge in [0, 0.05) is 43.0 Å². The van der Waals surface area contributed by atoms with E-state index in [1.54, 1.807) is 48.5 Å². The number of hydrogen-bond acceptors (Lipinski definition) is 10. The number of sulfonamides is 2. The van der Waals surface area contributed by atoms with E-state index >= 15 is 0 Å². The molecule has 14 nitrogen and oxygen atoms in total. The van der Waals surface area contributed by atoms with E-state index in [0.717, 1.165) is 17.0 Å². The number of hydrogen-bond donors (Lipinski definition) is 2. The molecule has 8 rings (SSSR count). The number of benzene rings is 7. The SMILES string of the molecule is [C-]#[N+]c1c([N+]#[C-])c2cc(-c3nc(-c4ccc(NS(C)(=O)=O)cc4)nc(-c4ccc5cc(Br)ccc5c4NS(C)(=O)=O)n3)cc3c(C#N)c(C#N)c4cc(C#N)cc1c4c32. The summed E-state index contributed by atoms with van der Waals surface area (Å²) in [6.07, 6.45) is 2.04. The van der Waals surface area contributed by atoms with Crippen LogP contribution in [-0.2, 0) is 20.0 Å². The molecular weight excluding hydrogens is 853 g/mol. The van der Waals surface area contributed by atoms with Crippen molar-refractivity contribution in [1.82, 2.24) is 15.0 Å². The molecule has 17 heteroatoms. The molecule has 0 aliphatic heterocycles. The van der Waals surface area contributed by atoms with Gasteiger partial charge in [-0.1, -0.05) is 34.1 Å².